The van der Waals surface area contributed by atoms with Crippen molar-refractivity contribution in [1.29, 1.82) is 5.41 Å². The summed E-state index contributed by atoms with van der Waals surface area (Å²) >= 11 is 0. The Morgan fingerprint density at radius 3 is 2.70 bits per heavy atom. The summed E-state index contributed by atoms with van der Waals surface area (Å²) in [5.41, 5.74) is 9.12. The molecular weight excluding hydrogens is 250 g/mol. The maximum absolute atomic E-state index is 7.69. The number of amidine groups is 1. The predicted octanol–water partition coefficient (Wildman–Crippen LogP) is 3.34. The number of aryl methyl sites for hydroxylation is 3. The van der Waals surface area contributed by atoms with Gasteiger partial charge in [-0.25, -0.2) is 4.98 Å². The van der Waals surface area contributed by atoms with Gasteiger partial charge in [0.2, 0.25) is 5.88 Å². The third-order valence-electron chi connectivity index (χ3n) is 3.10. The number of hydrogen-bond acceptors (Lipinski definition) is 3. The predicted molar refractivity (Wildman–Crippen MR) is 80.6 cm³/mol. The molecule has 0 aliphatic carbocycles. The van der Waals surface area contributed by atoms with Crippen LogP contribution in [0.15, 0.2) is 30.3 Å². The maximum atomic E-state index is 7.69. The zero-order chi connectivity index (χ0) is 14.7. The van der Waals surface area contributed by atoms with Gasteiger partial charge in [0.15, 0.2) is 0 Å². The molecule has 4 nitrogen and oxygen atoms in total. The Kier molecular flexibility index (Phi) is 4.03. The molecule has 1 heterocycles. The Morgan fingerprint density at radius 2 is 2.05 bits per heavy atom. The zero-order valence-corrected chi connectivity index (χ0v) is 12.0. The summed E-state index contributed by atoms with van der Waals surface area (Å²) in [6.07, 6.45) is 0.942. The van der Waals surface area contributed by atoms with E-state index in [1.165, 1.54) is 5.56 Å². The number of nitrogens with one attached hydrogen (secondary N) is 1. The Bertz CT molecular complexity index is 650. The first-order valence-electron chi connectivity index (χ1n) is 6.60. The van der Waals surface area contributed by atoms with Crippen LogP contribution in [-0.2, 0) is 6.42 Å². The van der Waals surface area contributed by atoms with E-state index in [4.69, 9.17) is 15.9 Å². The third-order valence-corrected chi connectivity index (χ3v) is 3.10. The van der Waals surface area contributed by atoms with Crippen molar-refractivity contribution in [1.82, 2.24) is 4.98 Å². The van der Waals surface area contributed by atoms with Crippen molar-refractivity contribution in [3.63, 3.8) is 0 Å². The van der Waals surface area contributed by atoms with Crippen LogP contribution in [0, 0.1) is 19.3 Å². The Hall–Kier alpha value is -2.36. The van der Waals surface area contributed by atoms with Crippen LogP contribution in [0.4, 0.5) is 0 Å². The van der Waals surface area contributed by atoms with Crippen LogP contribution in [0.3, 0.4) is 0 Å². The van der Waals surface area contributed by atoms with E-state index in [0.717, 1.165) is 17.7 Å². The summed E-state index contributed by atoms with van der Waals surface area (Å²) in [5.74, 6) is 1.07. The van der Waals surface area contributed by atoms with Gasteiger partial charge in [0.1, 0.15) is 11.6 Å². The van der Waals surface area contributed by atoms with Gasteiger partial charge in [0.25, 0.3) is 0 Å². The third kappa shape index (κ3) is 2.96. The quantitative estimate of drug-likeness (QED) is 0.660. The summed E-state index contributed by atoms with van der Waals surface area (Å²) in [4.78, 5) is 4.36. The first kappa shape index (κ1) is 14.1. The molecule has 0 radical (unpaired) electrons. The second-order valence-corrected chi connectivity index (χ2v) is 4.78. The Balaban J connectivity index is 2.44. The van der Waals surface area contributed by atoms with Gasteiger partial charge in [-0.2, -0.15) is 0 Å². The molecule has 0 bridgehead atoms. The zero-order valence-electron chi connectivity index (χ0n) is 12.0. The van der Waals surface area contributed by atoms with Gasteiger partial charge >= 0.3 is 0 Å². The van der Waals surface area contributed by atoms with E-state index >= 15 is 0 Å². The van der Waals surface area contributed by atoms with Crippen molar-refractivity contribution in [3.05, 3.63) is 52.7 Å². The fourth-order valence-electron chi connectivity index (χ4n) is 2.14. The van der Waals surface area contributed by atoms with Gasteiger partial charge in [0, 0.05) is 5.69 Å². The lowest BCUT2D eigenvalue weighted by Crippen LogP contribution is -2.15. The molecule has 4 heteroatoms. The van der Waals surface area contributed by atoms with E-state index in [1.807, 2.05) is 44.2 Å². The number of aromatic nitrogens is 1. The highest BCUT2D eigenvalue weighted by Crippen LogP contribution is 2.26. The molecule has 20 heavy (non-hydrogen) atoms. The second-order valence-electron chi connectivity index (χ2n) is 4.78. The minimum absolute atomic E-state index is 0.0309. The van der Waals surface area contributed by atoms with E-state index in [0.29, 0.717) is 17.2 Å². The molecule has 2 rings (SSSR count). The molecule has 0 saturated heterocycles. The van der Waals surface area contributed by atoms with Crippen LogP contribution in [0.1, 0.15) is 29.3 Å². The van der Waals surface area contributed by atoms with Crippen molar-refractivity contribution in [2.24, 2.45) is 5.73 Å². The summed E-state index contributed by atoms with van der Waals surface area (Å²) in [5, 5.41) is 7.69. The molecule has 0 aliphatic heterocycles. The van der Waals surface area contributed by atoms with E-state index < -0.39 is 0 Å². The van der Waals surface area contributed by atoms with Gasteiger partial charge < -0.3 is 10.5 Å². The van der Waals surface area contributed by atoms with Gasteiger partial charge in [0.05, 0.1) is 5.56 Å². The fourth-order valence-corrected chi connectivity index (χ4v) is 2.14. The standard InChI is InChI=1S/C16H19N3O/c1-4-12-6-5-7-13(9-12)20-16-14(15(17)18)10(2)8-11(3)19-16/h5-9H,4H2,1-3H3,(H3,17,18). The summed E-state index contributed by atoms with van der Waals surface area (Å²) < 4.78 is 5.84. The van der Waals surface area contributed by atoms with Crippen LogP contribution in [0.2, 0.25) is 0 Å². The number of nitrogens with two attached hydrogens (primary N) is 1. The van der Waals surface area contributed by atoms with Crippen LogP contribution in [-0.4, -0.2) is 10.8 Å². The van der Waals surface area contributed by atoms with Crippen LogP contribution >= 0.6 is 0 Å². The van der Waals surface area contributed by atoms with E-state index in [1.54, 1.807) is 0 Å². The molecule has 3 N–H and O–H groups in total. The minimum Gasteiger partial charge on any atom is -0.438 e. The molecule has 0 saturated carbocycles. The van der Waals surface area contributed by atoms with Gasteiger partial charge in [-0.05, 0) is 49.6 Å². The van der Waals surface area contributed by atoms with Crippen LogP contribution < -0.4 is 10.5 Å². The lowest BCUT2D eigenvalue weighted by molar-refractivity contribution is 0.459. The summed E-state index contributed by atoms with van der Waals surface area (Å²) in [7, 11) is 0. The van der Waals surface area contributed by atoms with Gasteiger partial charge in [-0.15, -0.1) is 0 Å². The number of nitrogen functional groups attached to an aromatic ring is 1. The van der Waals surface area contributed by atoms with E-state index in [9.17, 15) is 0 Å². The molecule has 1 aromatic carbocycles. The fraction of sp³-hybridized carbons (Fsp3) is 0.250. The number of ether oxygens (including phenoxy) is 1. The Labute approximate surface area is 119 Å². The molecular formula is C16H19N3O. The molecule has 104 valence electrons. The summed E-state index contributed by atoms with van der Waals surface area (Å²) in [6.45, 7) is 5.89. The number of rotatable bonds is 4. The molecule has 0 spiro atoms. The van der Waals surface area contributed by atoms with Crippen molar-refractivity contribution < 1.29 is 4.74 Å². The largest absolute Gasteiger partial charge is 0.438 e. The van der Waals surface area contributed by atoms with E-state index in [2.05, 4.69) is 11.9 Å². The second kappa shape index (κ2) is 5.74. The minimum atomic E-state index is -0.0309. The van der Waals surface area contributed by atoms with Crippen molar-refractivity contribution in [2.45, 2.75) is 27.2 Å². The Morgan fingerprint density at radius 1 is 1.30 bits per heavy atom. The van der Waals surface area contributed by atoms with Crippen LogP contribution in [0.5, 0.6) is 11.6 Å². The van der Waals surface area contributed by atoms with E-state index in [-0.39, 0.29) is 5.84 Å². The number of pyridine rings is 1. The highest BCUT2D eigenvalue weighted by molar-refractivity contribution is 5.98. The normalized spacial score (nSPS) is 10.3. The summed E-state index contributed by atoms with van der Waals surface area (Å²) in [6, 6.07) is 9.75. The smallest absolute Gasteiger partial charge is 0.230 e. The first-order valence-corrected chi connectivity index (χ1v) is 6.60. The lowest BCUT2D eigenvalue weighted by Gasteiger charge is -2.13. The molecule has 2 aromatic rings. The molecule has 1 aromatic heterocycles. The van der Waals surface area contributed by atoms with Gasteiger partial charge in [-0.1, -0.05) is 19.1 Å². The van der Waals surface area contributed by atoms with Crippen LogP contribution in [0.25, 0.3) is 0 Å². The topological polar surface area (TPSA) is 72.0 Å². The van der Waals surface area contributed by atoms with Crippen molar-refractivity contribution >= 4 is 5.84 Å². The first-order chi connectivity index (χ1) is 9.51. The monoisotopic (exact) mass is 269 g/mol. The molecule has 0 amide bonds. The average Bonchev–Trinajstić information content (AvgIpc) is 2.37. The highest BCUT2D eigenvalue weighted by Gasteiger charge is 2.14. The molecule has 0 atom stereocenters. The number of benzene rings is 1. The lowest BCUT2D eigenvalue weighted by atomic mass is 10.1. The van der Waals surface area contributed by atoms with Crippen molar-refractivity contribution in [3.8, 4) is 11.6 Å². The SMILES string of the molecule is CCc1cccc(Oc2nc(C)cc(C)c2C(=N)N)c1. The van der Waals surface area contributed by atoms with Crippen molar-refractivity contribution in [2.75, 3.05) is 0 Å². The van der Waals surface area contributed by atoms with Gasteiger partial charge in [-0.3, -0.25) is 5.41 Å². The molecule has 0 aliphatic rings. The average molecular weight is 269 g/mol. The molecule has 0 fully saturated rings. The molecule has 0 unspecified atom stereocenters. The number of nitrogens with zero attached hydrogens (tertiary/aromatic N) is 1. The maximum Gasteiger partial charge on any atom is 0.230 e. The highest BCUT2D eigenvalue weighted by atomic mass is 16.5. The number of hydrogen-bond donors (Lipinski definition) is 2.